The van der Waals surface area contributed by atoms with E-state index in [4.69, 9.17) is 4.74 Å². The fraction of sp³-hybridized carbons (Fsp3) is 0.625. The molecule has 0 saturated carbocycles. The minimum absolute atomic E-state index is 0.0518. The first kappa shape index (κ1) is 11.1. The zero-order valence-corrected chi connectivity index (χ0v) is 7.57. The highest BCUT2D eigenvalue weighted by Crippen LogP contribution is 2.01. The fourth-order valence-electron chi connectivity index (χ4n) is 0.523. The summed E-state index contributed by atoms with van der Waals surface area (Å²) in [5.74, 6) is -0.0518. The van der Waals surface area contributed by atoms with Gasteiger partial charge < -0.3 is 9.62 Å². The van der Waals surface area contributed by atoms with Crippen molar-refractivity contribution in [3.63, 3.8) is 0 Å². The van der Waals surface area contributed by atoms with E-state index in [1.54, 1.807) is 13.8 Å². The van der Waals surface area contributed by atoms with Gasteiger partial charge in [0.25, 0.3) is 0 Å². The summed E-state index contributed by atoms with van der Waals surface area (Å²) >= 11 is 0. The van der Waals surface area contributed by atoms with Crippen molar-refractivity contribution >= 4 is 5.78 Å². The van der Waals surface area contributed by atoms with Crippen molar-refractivity contribution in [1.29, 1.82) is 0 Å². The number of rotatable bonds is 6. The van der Waals surface area contributed by atoms with Gasteiger partial charge in [-0.1, -0.05) is 6.58 Å². The molecular formula is C8H14O4. The lowest BCUT2D eigenvalue weighted by atomic mass is 10.3. The van der Waals surface area contributed by atoms with Crippen LogP contribution in [0.25, 0.3) is 0 Å². The Morgan fingerprint density at radius 2 is 2.08 bits per heavy atom. The summed E-state index contributed by atoms with van der Waals surface area (Å²) < 4.78 is 5.07. The molecule has 0 aromatic rings. The molecule has 0 aliphatic heterocycles. The van der Waals surface area contributed by atoms with Gasteiger partial charge in [-0.2, -0.15) is 4.89 Å². The highest BCUT2D eigenvalue weighted by molar-refractivity contribution is 5.79. The summed E-state index contributed by atoms with van der Waals surface area (Å²) in [6.45, 7) is 8.00. The van der Waals surface area contributed by atoms with Gasteiger partial charge in [0.2, 0.25) is 6.29 Å². The molecule has 0 heterocycles. The van der Waals surface area contributed by atoms with Crippen LogP contribution in [0.4, 0.5) is 0 Å². The van der Waals surface area contributed by atoms with E-state index in [1.807, 2.05) is 0 Å². The molecule has 0 aromatic heterocycles. The van der Waals surface area contributed by atoms with Crippen LogP contribution in [0.1, 0.15) is 20.8 Å². The molecule has 0 N–H and O–H groups in total. The molecule has 0 aliphatic carbocycles. The molecule has 0 rings (SSSR count). The quantitative estimate of drug-likeness (QED) is 0.264. The van der Waals surface area contributed by atoms with Crippen molar-refractivity contribution in [2.45, 2.75) is 33.2 Å². The van der Waals surface area contributed by atoms with Gasteiger partial charge in [0.1, 0.15) is 12.4 Å². The summed E-state index contributed by atoms with van der Waals surface area (Å²) in [6.07, 6.45) is 0.0773. The lowest BCUT2D eigenvalue weighted by molar-refractivity contribution is -0.346. The van der Waals surface area contributed by atoms with Gasteiger partial charge in [-0.05, 0) is 20.8 Å². The molecule has 0 fully saturated rings. The van der Waals surface area contributed by atoms with Crippen molar-refractivity contribution in [1.82, 2.24) is 0 Å². The van der Waals surface area contributed by atoms with Gasteiger partial charge in [-0.25, -0.2) is 0 Å². The maximum absolute atomic E-state index is 10.7. The first-order valence-corrected chi connectivity index (χ1v) is 3.67. The number of Topliss-reactive ketones (excluding diaryl/α,β-unsaturated/α-hetero) is 1. The van der Waals surface area contributed by atoms with Gasteiger partial charge >= 0.3 is 0 Å². The van der Waals surface area contributed by atoms with E-state index in [-0.39, 0.29) is 5.78 Å². The van der Waals surface area contributed by atoms with Crippen molar-refractivity contribution in [2.75, 3.05) is 0 Å². The Bertz CT molecular complexity index is 155. The average Bonchev–Trinajstić information content (AvgIpc) is 2.00. The molecule has 12 heavy (non-hydrogen) atoms. The van der Waals surface area contributed by atoms with Crippen molar-refractivity contribution in [3.05, 3.63) is 12.8 Å². The molecule has 0 saturated heterocycles. The summed E-state index contributed by atoms with van der Waals surface area (Å²) in [6, 6.07) is 0. The topological polar surface area (TPSA) is 44.8 Å². The van der Waals surface area contributed by atoms with Crippen LogP contribution in [0.3, 0.4) is 0 Å². The molecular weight excluding hydrogens is 160 g/mol. The van der Waals surface area contributed by atoms with E-state index in [9.17, 15) is 4.79 Å². The second-order valence-electron chi connectivity index (χ2n) is 2.32. The van der Waals surface area contributed by atoms with E-state index >= 15 is 0 Å². The predicted molar refractivity (Wildman–Crippen MR) is 43.1 cm³/mol. The standard InChI is InChI=1S/C8H14O4/c1-5-10-12-8(4)11-7(3)6(2)9/h5,7-8H,1H2,2-4H3. The van der Waals surface area contributed by atoms with Crippen LogP contribution in [0.5, 0.6) is 0 Å². The van der Waals surface area contributed by atoms with E-state index < -0.39 is 12.4 Å². The SMILES string of the molecule is C=COOC(C)OC(C)C(C)=O. The second-order valence-corrected chi connectivity index (χ2v) is 2.32. The van der Waals surface area contributed by atoms with Gasteiger partial charge in [0.05, 0.1) is 0 Å². The fourth-order valence-corrected chi connectivity index (χ4v) is 0.523. The Kier molecular flexibility index (Phi) is 5.32. The third-order valence-corrected chi connectivity index (χ3v) is 1.23. The smallest absolute Gasteiger partial charge is 0.200 e. The summed E-state index contributed by atoms with van der Waals surface area (Å²) in [5.41, 5.74) is 0. The van der Waals surface area contributed by atoms with Crippen molar-refractivity contribution in [3.8, 4) is 0 Å². The monoisotopic (exact) mass is 174 g/mol. The van der Waals surface area contributed by atoms with E-state index in [0.29, 0.717) is 0 Å². The van der Waals surface area contributed by atoms with Crippen LogP contribution < -0.4 is 0 Å². The molecule has 4 heteroatoms. The number of carbonyl (C=O) groups excluding carboxylic acids is 1. The third kappa shape index (κ3) is 4.87. The van der Waals surface area contributed by atoms with Crippen LogP contribution >= 0.6 is 0 Å². The Labute approximate surface area is 72.0 Å². The highest BCUT2D eigenvalue weighted by Gasteiger charge is 2.12. The molecule has 0 radical (unpaired) electrons. The molecule has 2 atom stereocenters. The second kappa shape index (κ2) is 5.74. The Morgan fingerprint density at radius 3 is 2.50 bits per heavy atom. The van der Waals surface area contributed by atoms with Crippen LogP contribution in [-0.4, -0.2) is 18.2 Å². The van der Waals surface area contributed by atoms with Crippen LogP contribution in [0, 0.1) is 0 Å². The van der Waals surface area contributed by atoms with Crippen LogP contribution in [0.15, 0.2) is 12.8 Å². The number of hydrogen-bond donors (Lipinski definition) is 0. The number of ketones is 1. The zero-order valence-electron chi connectivity index (χ0n) is 7.57. The van der Waals surface area contributed by atoms with Crippen LogP contribution in [0.2, 0.25) is 0 Å². The molecule has 0 bridgehead atoms. The Balaban J connectivity index is 3.60. The molecule has 0 amide bonds. The van der Waals surface area contributed by atoms with Crippen molar-refractivity contribution in [2.24, 2.45) is 0 Å². The number of ether oxygens (including phenoxy) is 1. The lowest BCUT2D eigenvalue weighted by Crippen LogP contribution is -2.24. The Hall–Kier alpha value is -0.870. The van der Waals surface area contributed by atoms with Gasteiger partial charge in [0, 0.05) is 0 Å². The summed E-state index contributed by atoms with van der Waals surface area (Å²) in [7, 11) is 0. The average molecular weight is 174 g/mol. The molecule has 0 spiro atoms. The van der Waals surface area contributed by atoms with E-state index in [0.717, 1.165) is 6.26 Å². The lowest BCUT2D eigenvalue weighted by Gasteiger charge is -2.15. The first-order valence-electron chi connectivity index (χ1n) is 3.67. The van der Waals surface area contributed by atoms with Crippen molar-refractivity contribution < 1.29 is 19.3 Å². The maximum atomic E-state index is 10.7. The third-order valence-electron chi connectivity index (χ3n) is 1.23. The molecule has 4 nitrogen and oxygen atoms in total. The van der Waals surface area contributed by atoms with Crippen LogP contribution in [-0.2, 0) is 19.3 Å². The zero-order chi connectivity index (χ0) is 9.56. The molecule has 0 aliphatic rings. The number of carbonyl (C=O) groups is 1. The molecule has 2 unspecified atom stereocenters. The van der Waals surface area contributed by atoms with E-state index in [2.05, 4.69) is 16.4 Å². The minimum atomic E-state index is -0.582. The minimum Gasteiger partial charge on any atom is -0.343 e. The largest absolute Gasteiger partial charge is 0.343 e. The van der Waals surface area contributed by atoms with Gasteiger partial charge in [-0.15, -0.1) is 0 Å². The van der Waals surface area contributed by atoms with Gasteiger partial charge in [0.15, 0.2) is 5.78 Å². The maximum Gasteiger partial charge on any atom is 0.200 e. The summed E-state index contributed by atoms with van der Waals surface area (Å²) in [5, 5.41) is 0. The first-order chi connectivity index (χ1) is 5.57. The normalized spacial score (nSPS) is 14.9. The molecule has 0 aromatic carbocycles. The Morgan fingerprint density at radius 1 is 1.50 bits per heavy atom. The number of hydrogen-bond acceptors (Lipinski definition) is 4. The van der Waals surface area contributed by atoms with Gasteiger partial charge in [-0.3, -0.25) is 4.79 Å². The molecule has 70 valence electrons. The van der Waals surface area contributed by atoms with E-state index in [1.165, 1.54) is 6.92 Å². The predicted octanol–water partition coefficient (Wildman–Crippen LogP) is 1.42. The highest BCUT2D eigenvalue weighted by atomic mass is 17.2. The summed E-state index contributed by atoms with van der Waals surface area (Å²) in [4.78, 5) is 19.7.